The Balaban J connectivity index is 1.51. The Morgan fingerprint density at radius 2 is 2.18 bits per heavy atom. The van der Waals surface area contributed by atoms with Crippen LogP contribution in [-0.2, 0) is 11.3 Å². The zero-order chi connectivity index (χ0) is 11.7. The first-order valence-corrected chi connectivity index (χ1v) is 6.19. The summed E-state index contributed by atoms with van der Waals surface area (Å²) < 4.78 is 1.55. The minimum absolute atomic E-state index is 0.0294. The Morgan fingerprint density at radius 1 is 1.41 bits per heavy atom. The van der Waals surface area contributed by atoms with E-state index in [1.165, 1.54) is 12.8 Å². The SMILES string of the molecule is O=C(Cn1ccnn1)NC1CC2CCC(C1)N2. The molecule has 2 fully saturated rings. The van der Waals surface area contributed by atoms with Crippen LogP contribution in [0.15, 0.2) is 12.4 Å². The summed E-state index contributed by atoms with van der Waals surface area (Å²) in [6.45, 7) is 0.263. The zero-order valence-electron chi connectivity index (χ0n) is 9.67. The fraction of sp³-hybridized carbons (Fsp3) is 0.727. The Bertz CT molecular complexity index is 379. The highest BCUT2D eigenvalue weighted by molar-refractivity contribution is 5.75. The third-order valence-corrected chi connectivity index (χ3v) is 3.62. The predicted octanol–water partition coefficient (Wildman–Crippen LogP) is -0.323. The summed E-state index contributed by atoms with van der Waals surface area (Å²) in [5.74, 6) is 0.0294. The van der Waals surface area contributed by atoms with E-state index < -0.39 is 0 Å². The third-order valence-electron chi connectivity index (χ3n) is 3.62. The van der Waals surface area contributed by atoms with Crippen LogP contribution in [-0.4, -0.2) is 39.0 Å². The van der Waals surface area contributed by atoms with Gasteiger partial charge in [0, 0.05) is 24.3 Å². The van der Waals surface area contributed by atoms with Crippen LogP contribution >= 0.6 is 0 Å². The number of nitrogens with one attached hydrogen (secondary N) is 2. The van der Waals surface area contributed by atoms with E-state index in [9.17, 15) is 4.79 Å². The van der Waals surface area contributed by atoms with Crippen molar-refractivity contribution < 1.29 is 4.79 Å². The lowest BCUT2D eigenvalue weighted by atomic mass is 10.00. The molecule has 2 saturated heterocycles. The van der Waals surface area contributed by atoms with Crippen molar-refractivity contribution in [2.24, 2.45) is 0 Å². The van der Waals surface area contributed by atoms with Gasteiger partial charge >= 0.3 is 0 Å². The smallest absolute Gasteiger partial charge is 0.242 e. The first-order valence-electron chi connectivity index (χ1n) is 6.19. The molecule has 1 aromatic rings. The maximum Gasteiger partial charge on any atom is 0.242 e. The first kappa shape index (κ1) is 10.7. The standard InChI is InChI=1S/C11H17N5O/c17-11(7-16-4-3-12-15-16)14-10-5-8-1-2-9(6-10)13-8/h3-4,8-10,13H,1-2,5-7H2,(H,14,17). The van der Waals surface area contributed by atoms with Gasteiger partial charge in [-0.15, -0.1) is 5.10 Å². The van der Waals surface area contributed by atoms with E-state index in [1.807, 2.05) is 0 Å². The molecule has 2 N–H and O–H groups in total. The summed E-state index contributed by atoms with van der Waals surface area (Å²) in [5, 5.41) is 14.1. The highest BCUT2D eigenvalue weighted by Gasteiger charge is 2.33. The molecule has 2 unspecified atom stereocenters. The van der Waals surface area contributed by atoms with E-state index in [2.05, 4.69) is 20.9 Å². The van der Waals surface area contributed by atoms with Gasteiger partial charge in [0.1, 0.15) is 6.54 Å². The second kappa shape index (κ2) is 4.44. The Hall–Kier alpha value is -1.43. The molecule has 17 heavy (non-hydrogen) atoms. The van der Waals surface area contributed by atoms with Crippen LogP contribution in [0.1, 0.15) is 25.7 Å². The molecule has 2 atom stereocenters. The summed E-state index contributed by atoms with van der Waals surface area (Å²) in [6.07, 6.45) is 7.89. The average molecular weight is 235 g/mol. The van der Waals surface area contributed by atoms with Crippen LogP contribution in [0, 0.1) is 0 Å². The highest BCUT2D eigenvalue weighted by atomic mass is 16.2. The van der Waals surface area contributed by atoms with Crippen molar-refractivity contribution in [1.82, 2.24) is 25.6 Å². The molecule has 0 aromatic carbocycles. The molecule has 6 nitrogen and oxygen atoms in total. The van der Waals surface area contributed by atoms with Crippen LogP contribution in [0.25, 0.3) is 0 Å². The van der Waals surface area contributed by atoms with Crippen molar-refractivity contribution in [1.29, 1.82) is 0 Å². The van der Waals surface area contributed by atoms with Gasteiger partial charge < -0.3 is 10.6 Å². The zero-order valence-corrected chi connectivity index (χ0v) is 9.67. The third kappa shape index (κ3) is 2.46. The minimum Gasteiger partial charge on any atom is -0.352 e. The molecular weight excluding hydrogens is 218 g/mol. The number of piperidine rings is 1. The van der Waals surface area contributed by atoms with Crippen molar-refractivity contribution >= 4 is 5.91 Å². The lowest BCUT2D eigenvalue weighted by Crippen LogP contribution is -2.48. The van der Waals surface area contributed by atoms with Gasteiger partial charge in [0.05, 0.1) is 6.20 Å². The van der Waals surface area contributed by atoms with Crippen molar-refractivity contribution in [2.45, 2.75) is 50.4 Å². The molecule has 3 heterocycles. The van der Waals surface area contributed by atoms with Crippen molar-refractivity contribution in [3.05, 3.63) is 12.4 Å². The van der Waals surface area contributed by atoms with Gasteiger partial charge in [0.25, 0.3) is 0 Å². The fourth-order valence-corrected chi connectivity index (χ4v) is 2.91. The lowest BCUT2D eigenvalue weighted by molar-refractivity contribution is -0.122. The number of amides is 1. The van der Waals surface area contributed by atoms with E-state index in [1.54, 1.807) is 17.1 Å². The summed E-state index contributed by atoms with van der Waals surface area (Å²) in [4.78, 5) is 11.8. The van der Waals surface area contributed by atoms with Crippen molar-refractivity contribution in [2.75, 3.05) is 0 Å². The van der Waals surface area contributed by atoms with E-state index in [4.69, 9.17) is 0 Å². The second-order valence-electron chi connectivity index (χ2n) is 4.97. The molecule has 6 heteroatoms. The van der Waals surface area contributed by atoms with Gasteiger partial charge in [0.15, 0.2) is 0 Å². The number of carbonyl (C=O) groups excluding carboxylic acids is 1. The Kier molecular flexibility index (Phi) is 2.80. The van der Waals surface area contributed by atoms with Crippen LogP contribution in [0.3, 0.4) is 0 Å². The van der Waals surface area contributed by atoms with Gasteiger partial charge in [-0.2, -0.15) is 0 Å². The van der Waals surface area contributed by atoms with E-state index in [0.29, 0.717) is 18.1 Å². The van der Waals surface area contributed by atoms with Gasteiger partial charge in [-0.05, 0) is 25.7 Å². The van der Waals surface area contributed by atoms with E-state index >= 15 is 0 Å². The largest absolute Gasteiger partial charge is 0.352 e. The van der Waals surface area contributed by atoms with Crippen molar-refractivity contribution in [3.8, 4) is 0 Å². The number of aromatic nitrogens is 3. The molecule has 2 bridgehead atoms. The molecule has 2 aliphatic rings. The molecule has 0 radical (unpaired) electrons. The van der Waals surface area contributed by atoms with Gasteiger partial charge in [-0.25, -0.2) is 4.68 Å². The molecule has 1 aromatic heterocycles. The predicted molar refractivity (Wildman–Crippen MR) is 61.1 cm³/mol. The van der Waals surface area contributed by atoms with Gasteiger partial charge in [0.2, 0.25) is 5.91 Å². The van der Waals surface area contributed by atoms with Crippen LogP contribution in [0.2, 0.25) is 0 Å². The fourth-order valence-electron chi connectivity index (χ4n) is 2.91. The van der Waals surface area contributed by atoms with Crippen LogP contribution < -0.4 is 10.6 Å². The molecule has 3 rings (SSSR count). The summed E-state index contributed by atoms with van der Waals surface area (Å²) >= 11 is 0. The topological polar surface area (TPSA) is 71.8 Å². The maximum atomic E-state index is 11.8. The number of hydrogen-bond donors (Lipinski definition) is 2. The van der Waals surface area contributed by atoms with Crippen LogP contribution in [0.5, 0.6) is 0 Å². The van der Waals surface area contributed by atoms with Gasteiger partial charge in [-0.1, -0.05) is 5.21 Å². The summed E-state index contributed by atoms with van der Waals surface area (Å²) in [6, 6.07) is 1.53. The van der Waals surface area contributed by atoms with E-state index in [0.717, 1.165) is 12.8 Å². The van der Waals surface area contributed by atoms with E-state index in [-0.39, 0.29) is 12.5 Å². The lowest BCUT2D eigenvalue weighted by Gasteiger charge is -2.29. The molecular formula is C11H17N5O. The molecule has 2 aliphatic heterocycles. The normalized spacial score (nSPS) is 31.4. The molecule has 0 spiro atoms. The highest BCUT2D eigenvalue weighted by Crippen LogP contribution is 2.26. The van der Waals surface area contributed by atoms with Crippen molar-refractivity contribution in [3.63, 3.8) is 0 Å². The monoisotopic (exact) mass is 235 g/mol. The Morgan fingerprint density at radius 3 is 2.82 bits per heavy atom. The Labute approximate surface area is 99.8 Å². The number of rotatable bonds is 3. The van der Waals surface area contributed by atoms with Gasteiger partial charge in [-0.3, -0.25) is 4.79 Å². The quantitative estimate of drug-likeness (QED) is 0.753. The average Bonchev–Trinajstić information content (AvgIpc) is 2.89. The summed E-state index contributed by atoms with van der Waals surface area (Å²) in [5.41, 5.74) is 0. The number of carbonyl (C=O) groups is 1. The summed E-state index contributed by atoms with van der Waals surface area (Å²) in [7, 11) is 0. The minimum atomic E-state index is 0.0294. The molecule has 0 saturated carbocycles. The number of fused-ring (bicyclic) bond motifs is 2. The molecule has 1 amide bonds. The van der Waals surface area contributed by atoms with Crippen LogP contribution in [0.4, 0.5) is 0 Å². The molecule has 0 aliphatic carbocycles. The molecule has 92 valence electrons. The number of nitrogens with zero attached hydrogens (tertiary/aromatic N) is 3. The first-order chi connectivity index (χ1) is 8.29. The second-order valence-corrected chi connectivity index (χ2v) is 4.97. The maximum absolute atomic E-state index is 11.8. The number of hydrogen-bond acceptors (Lipinski definition) is 4.